The van der Waals surface area contributed by atoms with E-state index in [0.29, 0.717) is 6.61 Å². The predicted octanol–water partition coefficient (Wildman–Crippen LogP) is 4.07. The molecule has 1 unspecified atom stereocenters. The summed E-state index contributed by atoms with van der Waals surface area (Å²) < 4.78 is 5.81. The summed E-state index contributed by atoms with van der Waals surface area (Å²) in [5.74, 6) is 0.836. The van der Waals surface area contributed by atoms with Crippen molar-refractivity contribution in [3.63, 3.8) is 0 Å². The molecule has 0 aliphatic heterocycles. The van der Waals surface area contributed by atoms with Crippen molar-refractivity contribution in [2.45, 2.75) is 13.0 Å². The molecule has 0 heterocycles. The Hall–Kier alpha value is -1.51. The van der Waals surface area contributed by atoms with Crippen LogP contribution in [0.15, 0.2) is 54.6 Å². The summed E-state index contributed by atoms with van der Waals surface area (Å²) in [6, 6.07) is 18.0. The van der Waals surface area contributed by atoms with Gasteiger partial charge in [-0.25, -0.2) is 0 Å². The zero-order valence-electron chi connectivity index (χ0n) is 11.0. The van der Waals surface area contributed by atoms with Crippen LogP contribution in [0.1, 0.15) is 18.5 Å². The summed E-state index contributed by atoms with van der Waals surface area (Å²) in [6.45, 7) is 3.60. The van der Waals surface area contributed by atoms with Crippen molar-refractivity contribution in [2.24, 2.45) is 0 Å². The van der Waals surface area contributed by atoms with Crippen LogP contribution in [0, 0.1) is 0 Å². The van der Waals surface area contributed by atoms with Gasteiger partial charge in [-0.15, -0.1) is 0 Å². The Bertz CT molecular complexity index is 484. The van der Waals surface area contributed by atoms with Gasteiger partial charge < -0.3 is 10.1 Å². The van der Waals surface area contributed by atoms with E-state index in [2.05, 4.69) is 24.4 Å². The van der Waals surface area contributed by atoms with Crippen LogP contribution in [-0.2, 0) is 0 Å². The van der Waals surface area contributed by atoms with Gasteiger partial charge >= 0.3 is 0 Å². The number of hydrogen-bond acceptors (Lipinski definition) is 2. The van der Waals surface area contributed by atoms with Crippen molar-refractivity contribution in [1.29, 1.82) is 0 Å². The zero-order chi connectivity index (χ0) is 13.5. The molecule has 1 atom stereocenters. The van der Waals surface area contributed by atoms with E-state index >= 15 is 0 Å². The molecule has 3 heteroatoms. The van der Waals surface area contributed by atoms with Gasteiger partial charge in [-0.05, 0) is 36.4 Å². The molecule has 2 aromatic rings. The van der Waals surface area contributed by atoms with Crippen molar-refractivity contribution >= 4 is 11.6 Å². The second kappa shape index (κ2) is 7.17. The minimum Gasteiger partial charge on any atom is -0.492 e. The molecule has 0 radical (unpaired) electrons. The number of nitrogens with one attached hydrogen (secondary N) is 1. The molecular weight excluding hydrogens is 258 g/mol. The summed E-state index contributed by atoms with van der Waals surface area (Å²) >= 11 is 5.85. The van der Waals surface area contributed by atoms with Gasteiger partial charge in [0.2, 0.25) is 0 Å². The highest BCUT2D eigenvalue weighted by Crippen LogP contribution is 2.18. The summed E-state index contributed by atoms with van der Waals surface area (Å²) in [4.78, 5) is 0. The zero-order valence-corrected chi connectivity index (χ0v) is 11.7. The van der Waals surface area contributed by atoms with Crippen LogP contribution in [0.4, 0.5) is 0 Å². The summed E-state index contributed by atoms with van der Waals surface area (Å²) in [7, 11) is 0. The first-order valence-electron chi connectivity index (χ1n) is 6.46. The Labute approximate surface area is 119 Å². The standard InChI is InChI=1S/C16H18ClNO/c1-2-18-16(13-6-4-3-5-7-13)12-19-15-10-8-14(17)9-11-15/h3-11,16,18H,2,12H2,1H3. The molecule has 0 spiro atoms. The minimum atomic E-state index is 0.196. The third-order valence-electron chi connectivity index (χ3n) is 2.88. The SMILES string of the molecule is CCNC(COc1ccc(Cl)cc1)c1ccccc1. The van der Waals surface area contributed by atoms with Gasteiger partial charge in [-0.3, -0.25) is 0 Å². The molecule has 19 heavy (non-hydrogen) atoms. The molecule has 2 aromatic carbocycles. The Morgan fingerprint density at radius 2 is 1.74 bits per heavy atom. The summed E-state index contributed by atoms with van der Waals surface area (Å²) in [6.07, 6.45) is 0. The average Bonchev–Trinajstić information content (AvgIpc) is 2.46. The normalized spacial score (nSPS) is 12.1. The molecule has 0 aliphatic carbocycles. The molecule has 2 rings (SSSR count). The molecule has 100 valence electrons. The largest absolute Gasteiger partial charge is 0.492 e. The maximum absolute atomic E-state index is 5.85. The highest BCUT2D eigenvalue weighted by molar-refractivity contribution is 6.30. The predicted molar refractivity (Wildman–Crippen MR) is 79.8 cm³/mol. The van der Waals surface area contributed by atoms with Crippen LogP contribution < -0.4 is 10.1 Å². The topological polar surface area (TPSA) is 21.3 Å². The fraction of sp³-hybridized carbons (Fsp3) is 0.250. The Balaban J connectivity index is 1.99. The molecule has 0 saturated heterocycles. The number of halogens is 1. The maximum atomic E-state index is 5.85. The Morgan fingerprint density at radius 3 is 2.37 bits per heavy atom. The first kappa shape index (κ1) is 13.9. The molecule has 0 aliphatic rings. The number of benzene rings is 2. The molecule has 1 N–H and O–H groups in total. The monoisotopic (exact) mass is 275 g/mol. The smallest absolute Gasteiger partial charge is 0.119 e. The van der Waals surface area contributed by atoms with Crippen LogP contribution in [0.3, 0.4) is 0 Å². The van der Waals surface area contributed by atoms with E-state index in [1.165, 1.54) is 5.56 Å². The lowest BCUT2D eigenvalue weighted by Crippen LogP contribution is -2.26. The lowest BCUT2D eigenvalue weighted by Gasteiger charge is -2.19. The van der Waals surface area contributed by atoms with Crippen molar-refractivity contribution in [2.75, 3.05) is 13.2 Å². The van der Waals surface area contributed by atoms with Gasteiger partial charge in [0, 0.05) is 5.02 Å². The number of hydrogen-bond donors (Lipinski definition) is 1. The van der Waals surface area contributed by atoms with E-state index < -0.39 is 0 Å². The van der Waals surface area contributed by atoms with E-state index in [1.807, 2.05) is 42.5 Å². The molecule has 0 fully saturated rings. The van der Waals surface area contributed by atoms with Crippen LogP contribution in [0.2, 0.25) is 5.02 Å². The first-order chi connectivity index (χ1) is 9.29. The summed E-state index contributed by atoms with van der Waals surface area (Å²) in [5, 5.41) is 4.15. The van der Waals surface area contributed by atoms with Crippen molar-refractivity contribution in [1.82, 2.24) is 5.32 Å². The lowest BCUT2D eigenvalue weighted by atomic mass is 10.1. The minimum absolute atomic E-state index is 0.196. The molecule has 0 aromatic heterocycles. The van der Waals surface area contributed by atoms with Gasteiger partial charge in [-0.1, -0.05) is 48.9 Å². The third kappa shape index (κ3) is 4.27. The van der Waals surface area contributed by atoms with Gasteiger partial charge in [0.05, 0.1) is 6.04 Å². The highest BCUT2D eigenvalue weighted by atomic mass is 35.5. The number of ether oxygens (including phenoxy) is 1. The van der Waals surface area contributed by atoms with E-state index in [0.717, 1.165) is 17.3 Å². The van der Waals surface area contributed by atoms with Crippen LogP contribution >= 0.6 is 11.6 Å². The molecular formula is C16H18ClNO. The quantitative estimate of drug-likeness (QED) is 0.858. The van der Waals surface area contributed by atoms with Crippen LogP contribution in [-0.4, -0.2) is 13.2 Å². The molecule has 0 amide bonds. The van der Waals surface area contributed by atoms with Crippen molar-refractivity contribution < 1.29 is 4.74 Å². The van der Waals surface area contributed by atoms with Crippen LogP contribution in [0.25, 0.3) is 0 Å². The molecule has 0 saturated carbocycles. The van der Waals surface area contributed by atoms with E-state index in [1.54, 1.807) is 0 Å². The second-order valence-corrected chi connectivity index (χ2v) is 4.72. The lowest BCUT2D eigenvalue weighted by molar-refractivity contribution is 0.268. The van der Waals surface area contributed by atoms with E-state index in [4.69, 9.17) is 16.3 Å². The van der Waals surface area contributed by atoms with Crippen molar-refractivity contribution in [3.05, 3.63) is 65.2 Å². The van der Waals surface area contributed by atoms with E-state index in [-0.39, 0.29) is 6.04 Å². The van der Waals surface area contributed by atoms with Gasteiger partial charge in [0.25, 0.3) is 0 Å². The van der Waals surface area contributed by atoms with Gasteiger partial charge in [-0.2, -0.15) is 0 Å². The maximum Gasteiger partial charge on any atom is 0.119 e. The molecule has 0 bridgehead atoms. The first-order valence-corrected chi connectivity index (χ1v) is 6.84. The van der Waals surface area contributed by atoms with Crippen LogP contribution in [0.5, 0.6) is 5.75 Å². The average molecular weight is 276 g/mol. The fourth-order valence-electron chi connectivity index (χ4n) is 1.92. The van der Waals surface area contributed by atoms with Gasteiger partial charge in [0.15, 0.2) is 0 Å². The second-order valence-electron chi connectivity index (χ2n) is 4.29. The Morgan fingerprint density at radius 1 is 1.05 bits per heavy atom. The fourth-order valence-corrected chi connectivity index (χ4v) is 2.04. The third-order valence-corrected chi connectivity index (χ3v) is 3.13. The van der Waals surface area contributed by atoms with Crippen molar-refractivity contribution in [3.8, 4) is 5.75 Å². The molecule has 2 nitrogen and oxygen atoms in total. The van der Waals surface area contributed by atoms with Gasteiger partial charge in [0.1, 0.15) is 12.4 Å². The van der Waals surface area contributed by atoms with E-state index in [9.17, 15) is 0 Å². The number of rotatable bonds is 6. The Kier molecular flexibility index (Phi) is 5.25. The number of likely N-dealkylation sites (N-methyl/N-ethyl adjacent to an activating group) is 1. The highest BCUT2D eigenvalue weighted by Gasteiger charge is 2.10. The summed E-state index contributed by atoms with van der Waals surface area (Å²) in [5.41, 5.74) is 1.23.